The zero-order chi connectivity index (χ0) is 19.4. The first kappa shape index (κ1) is 20.0. The second-order valence-electron chi connectivity index (χ2n) is 7.31. The molecule has 0 aromatic heterocycles. The van der Waals surface area contributed by atoms with Crippen molar-refractivity contribution in [2.75, 3.05) is 13.1 Å². The van der Waals surface area contributed by atoms with Crippen LogP contribution in [0.1, 0.15) is 39.0 Å². The molecule has 0 saturated carbocycles. The Morgan fingerprint density at radius 2 is 1.79 bits per heavy atom. The van der Waals surface area contributed by atoms with Crippen LogP contribution in [0.15, 0.2) is 95.0 Å². The minimum atomic E-state index is 0.615. The lowest BCUT2D eigenvalue weighted by atomic mass is 9.86. The summed E-state index contributed by atoms with van der Waals surface area (Å²) in [6.45, 7) is 4.38. The first-order valence-electron chi connectivity index (χ1n) is 10.4. The molecule has 3 heteroatoms. The lowest BCUT2D eigenvalue weighted by Gasteiger charge is -2.26. The molecule has 3 aliphatic rings. The Bertz CT molecular complexity index is 814. The van der Waals surface area contributed by atoms with E-state index in [1.165, 1.54) is 30.4 Å². The second-order valence-corrected chi connectivity index (χ2v) is 7.31. The van der Waals surface area contributed by atoms with E-state index in [-0.39, 0.29) is 0 Å². The highest BCUT2D eigenvalue weighted by atomic mass is 14.9. The summed E-state index contributed by atoms with van der Waals surface area (Å²) in [5.41, 5.74) is 11.2. The van der Waals surface area contributed by atoms with E-state index in [1.807, 2.05) is 24.4 Å². The van der Waals surface area contributed by atoms with Crippen molar-refractivity contribution >= 4 is 0 Å². The molecular formula is C25H31N3. The zero-order valence-electron chi connectivity index (χ0n) is 16.8. The molecule has 0 spiro atoms. The number of nitrogens with one attached hydrogen (secondary N) is 3. The molecular weight excluding hydrogens is 342 g/mol. The quantitative estimate of drug-likeness (QED) is 0.616. The van der Waals surface area contributed by atoms with E-state index in [1.54, 1.807) is 0 Å². The van der Waals surface area contributed by atoms with Gasteiger partial charge in [-0.1, -0.05) is 35.8 Å². The molecule has 3 N–H and O–H groups in total. The van der Waals surface area contributed by atoms with E-state index < -0.39 is 0 Å². The van der Waals surface area contributed by atoms with Crippen LogP contribution in [0.3, 0.4) is 0 Å². The van der Waals surface area contributed by atoms with Crippen LogP contribution in [0.4, 0.5) is 0 Å². The minimum Gasteiger partial charge on any atom is -0.367 e. The van der Waals surface area contributed by atoms with Crippen molar-refractivity contribution in [2.45, 2.75) is 39.0 Å². The van der Waals surface area contributed by atoms with Crippen molar-refractivity contribution in [2.24, 2.45) is 5.92 Å². The molecule has 0 bridgehead atoms. The summed E-state index contributed by atoms with van der Waals surface area (Å²) < 4.78 is 0. The van der Waals surface area contributed by atoms with Gasteiger partial charge in [0.15, 0.2) is 0 Å². The SMILES string of the molecule is CC1=C\C=C=C(NC2=C=C/C=C/CCC/C=C/2)/C=C/N/C=C\1C1CCNCC1. The first-order valence-corrected chi connectivity index (χ1v) is 10.4. The van der Waals surface area contributed by atoms with Crippen LogP contribution in [0.2, 0.25) is 0 Å². The fourth-order valence-electron chi connectivity index (χ4n) is 3.56. The predicted molar refractivity (Wildman–Crippen MR) is 118 cm³/mol. The normalized spacial score (nSPS) is 28.3. The summed E-state index contributed by atoms with van der Waals surface area (Å²) >= 11 is 0. The molecule has 0 unspecified atom stereocenters. The van der Waals surface area contributed by atoms with Crippen LogP contribution in [0.25, 0.3) is 0 Å². The number of piperidine rings is 1. The summed E-state index contributed by atoms with van der Waals surface area (Å²) in [5, 5.41) is 10.2. The molecule has 2 heterocycles. The molecule has 0 atom stereocenters. The van der Waals surface area contributed by atoms with E-state index >= 15 is 0 Å². The third kappa shape index (κ3) is 6.48. The van der Waals surface area contributed by atoms with Gasteiger partial charge in [-0.2, -0.15) is 0 Å². The van der Waals surface area contributed by atoms with Crippen molar-refractivity contribution < 1.29 is 0 Å². The molecule has 3 nitrogen and oxygen atoms in total. The molecule has 1 aliphatic carbocycles. The number of hydrogen-bond acceptors (Lipinski definition) is 3. The Kier molecular flexibility index (Phi) is 8.03. The van der Waals surface area contributed by atoms with Gasteiger partial charge in [0.05, 0.1) is 11.4 Å². The smallest absolute Gasteiger partial charge is 0.0836 e. The van der Waals surface area contributed by atoms with Crippen LogP contribution >= 0.6 is 0 Å². The van der Waals surface area contributed by atoms with Gasteiger partial charge in [-0.15, -0.1) is 0 Å². The second kappa shape index (κ2) is 11.2. The maximum atomic E-state index is 3.45. The van der Waals surface area contributed by atoms with Crippen LogP contribution in [0, 0.1) is 5.92 Å². The minimum absolute atomic E-state index is 0.615. The number of allylic oxidation sites excluding steroid dienone is 8. The van der Waals surface area contributed by atoms with E-state index in [9.17, 15) is 0 Å². The van der Waals surface area contributed by atoms with Crippen LogP contribution in [-0.2, 0) is 0 Å². The van der Waals surface area contributed by atoms with Gasteiger partial charge >= 0.3 is 0 Å². The van der Waals surface area contributed by atoms with Gasteiger partial charge in [-0.25, -0.2) is 0 Å². The summed E-state index contributed by atoms with van der Waals surface area (Å²) in [4.78, 5) is 0. The standard InChI is InChI=1S/C25H31N3/c1-21-10-9-13-24(28-23-11-7-5-3-2-4-6-8-12-23)16-19-27-20-25(21)22-14-17-26-18-15-22/h3,5,7-10,12,16,19-20,22,26-28H,2,4,6,14-15,17-18H2,1H3/b5-3+,12-8+,19-16+,21-10+,25-20+. The summed E-state index contributed by atoms with van der Waals surface area (Å²) in [6, 6.07) is 0. The van der Waals surface area contributed by atoms with E-state index in [0.717, 1.165) is 37.3 Å². The molecule has 3 rings (SSSR count). The van der Waals surface area contributed by atoms with Crippen LogP contribution in [-0.4, -0.2) is 13.1 Å². The molecule has 0 radical (unpaired) electrons. The van der Waals surface area contributed by atoms with E-state index in [4.69, 9.17) is 0 Å². The van der Waals surface area contributed by atoms with Gasteiger partial charge in [0, 0.05) is 12.4 Å². The molecule has 0 aromatic rings. The highest BCUT2D eigenvalue weighted by Crippen LogP contribution is 2.27. The van der Waals surface area contributed by atoms with E-state index in [2.05, 4.69) is 70.9 Å². The Morgan fingerprint density at radius 1 is 1.00 bits per heavy atom. The summed E-state index contributed by atoms with van der Waals surface area (Å²) in [6.07, 6.45) is 26.6. The fraction of sp³-hybridized carbons (Fsp3) is 0.360. The average molecular weight is 374 g/mol. The van der Waals surface area contributed by atoms with Gasteiger partial charge < -0.3 is 16.0 Å². The van der Waals surface area contributed by atoms with Crippen molar-refractivity contribution in [1.29, 1.82) is 0 Å². The molecule has 146 valence electrons. The van der Waals surface area contributed by atoms with E-state index in [0.29, 0.717) is 5.92 Å². The fourth-order valence-corrected chi connectivity index (χ4v) is 3.56. The first-order chi connectivity index (χ1) is 13.8. The topological polar surface area (TPSA) is 36.1 Å². The van der Waals surface area contributed by atoms with Crippen LogP contribution < -0.4 is 16.0 Å². The lowest BCUT2D eigenvalue weighted by molar-refractivity contribution is 0.421. The third-order valence-electron chi connectivity index (χ3n) is 5.16. The van der Waals surface area contributed by atoms with Crippen molar-refractivity contribution in [1.82, 2.24) is 16.0 Å². The summed E-state index contributed by atoms with van der Waals surface area (Å²) in [7, 11) is 0. The van der Waals surface area contributed by atoms with Gasteiger partial charge in [0.25, 0.3) is 0 Å². The molecule has 1 fully saturated rings. The van der Waals surface area contributed by atoms with Gasteiger partial charge in [-0.05, 0) is 93.5 Å². The number of rotatable bonds is 3. The Balaban J connectivity index is 1.79. The van der Waals surface area contributed by atoms with Crippen molar-refractivity contribution in [3.05, 3.63) is 95.0 Å². The molecule has 28 heavy (non-hydrogen) atoms. The largest absolute Gasteiger partial charge is 0.367 e. The average Bonchev–Trinajstić information content (AvgIpc) is 2.73. The lowest BCUT2D eigenvalue weighted by Crippen LogP contribution is -2.29. The molecule has 1 saturated heterocycles. The highest BCUT2D eigenvalue weighted by molar-refractivity contribution is 5.36. The Hall–Kier alpha value is -2.70. The molecule has 2 aliphatic heterocycles. The maximum Gasteiger partial charge on any atom is 0.0836 e. The van der Waals surface area contributed by atoms with Gasteiger partial charge in [0.2, 0.25) is 0 Å². The Labute approximate surface area is 169 Å². The van der Waals surface area contributed by atoms with Gasteiger partial charge in [0.1, 0.15) is 0 Å². The Morgan fingerprint density at radius 3 is 2.68 bits per heavy atom. The maximum absolute atomic E-state index is 3.45. The molecule has 0 amide bonds. The zero-order valence-corrected chi connectivity index (χ0v) is 16.8. The summed E-state index contributed by atoms with van der Waals surface area (Å²) in [5.74, 6) is 0.615. The number of hydrogen-bond donors (Lipinski definition) is 3. The van der Waals surface area contributed by atoms with Crippen molar-refractivity contribution in [3.63, 3.8) is 0 Å². The van der Waals surface area contributed by atoms with Gasteiger partial charge in [-0.3, -0.25) is 0 Å². The predicted octanol–water partition coefficient (Wildman–Crippen LogP) is 4.90. The monoisotopic (exact) mass is 373 g/mol. The van der Waals surface area contributed by atoms with Crippen molar-refractivity contribution in [3.8, 4) is 0 Å². The van der Waals surface area contributed by atoms with Crippen LogP contribution in [0.5, 0.6) is 0 Å². The molecule has 0 aromatic carbocycles. The third-order valence-corrected chi connectivity index (χ3v) is 5.16. The highest BCUT2D eigenvalue weighted by Gasteiger charge is 2.18.